The highest BCUT2D eigenvalue weighted by molar-refractivity contribution is 7.95. The van der Waals surface area contributed by atoms with Crippen LogP contribution in [0.1, 0.15) is 11.1 Å². The summed E-state index contributed by atoms with van der Waals surface area (Å²) in [4.78, 5) is 1.01. The zero-order valence-electron chi connectivity index (χ0n) is 12.5. The lowest BCUT2D eigenvalue weighted by Gasteiger charge is -2.28. The van der Waals surface area contributed by atoms with E-state index in [1.165, 1.54) is 23.2 Å². The number of sulfone groups is 1. The molecular weight excluding hydrogens is 315 g/mol. The SMILES string of the molecule is Cc1ccc(N2C=C(C#N)S(=O)(=O)c3ccc(C)cc32)c(F)c1. The van der Waals surface area contributed by atoms with Crippen LogP contribution in [0.2, 0.25) is 0 Å². The molecule has 2 aromatic rings. The fourth-order valence-corrected chi connectivity index (χ4v) is 3.79. The molecule has 1 aliphatic heterocycles. The Morgan fingerprint density at radius 1 is 1.04 bits per heavy atom. The largest absolute Gasteiger partial charge is 0.311 e. The van der Waals surface area contributed by atoms with Crippen molar-refractivity contribution in [3.8, 4) is 6.07 Å². The highest BCUT2D eigenvalue weighted by atomic mass is 32.2. The van der Waals surface area contributed by atoms with Crippen LogP contribution < -0.4 is 4.90 Å². The first-order valence-electron chi connectivity index (χ1n) is 6.87. The van der Waals surface area contributed by atoms with Gasteiger partial charge in [0.15, 0.2) is 4.91 Å². The van der Waals surface area contributed by atoms with Gasteiger partial charge < -0.3 is 4.90 Å². The molecule has 0 amide bonds. The monoisotopic (exact) mass is 328 g/mol. The highest BCUT2D eigenvalue weighted by Crippen LogP contribution is 2.40. The summed E-state index contributed by atoms with van der Waals surface area (Å²) in [6, 6.07) is 11.1. The Balaban J connectivity index is 2.33. The van der Waals surface area contributed by atoms with E-state index in [1.807, 2.05) is 6.92 Å². The number of hydrogen-bond donors (Lipinski definition) is 0. The molecule has 0 spiro atoms. The molecule has 0 unspecified atom stereocenters. The van der Waals surface area contributed by atoms with Gasteiger partial charge in [0.2, 0.25) is 9.84 Å². The van der Waals surface area contributed by atoms with Gasteiger partial charge in [0.05, 0.1) is 16.3 Å². The third kappa shape index (κ3) is 2.39. The van der Waals surface area contributed by atoms with Crippen LogP contribution in [0.4, 0.5) is 15.8 Å². The average molecular weight is 328 g/mol. The molecule has 2 aromatic carbocycles. The van der Waals surface area contributed by atoms with Crippen LogP contribution in [0.15, 0.2) is 52.4 Å². The van der Waals surface area contributed by atoms with Crippen LogP contribution in [0.25, 0.3) is 0 Å². The van der Waals surface area contributed by atoms with Gasteiger partial charge >= 0.3 is 0 Å². The number of anilines is 2. The molecule has 23 heavy (non-hydrogen) atoms. The van der Waals surface area contributed by atoms with E-state index in [1.54, 1.807) is 37.3 Å². The molecule has 1 aliphatic rings. The van der Waals surface area contributed by atoms with E-state index < -0.39 is 20.6 Å². The second kappa shape index (κ2) is 5.21. The van der Waals surface area contributed by atoms with Crippen LogP contribution in [0.3, 0.4) is 0 Å². The maximum absolute atomic E-state index is 14.3. The lowest BCUT2D eigenvalue weighted by Crippen LogP contribution is -2.22. The maximum Gasteiger partial charge on any atom is 0.220 e. The summed E-state index contributed by atoms with van der Waals surface area (Å²) in [5.41, 5.74) is 2.13. The molecule has 0 bridgehead atoms. The topological polar surface area (TPSA) is 61.2 Å². The van der Waals surface area contributed by atoms with Crippen molar-refractivity contribution < 1.29 is 12.8 Å². The van der Waals surface area contributed by atoms with E-state index in [4.69, 9.17) is 5.26 Å². The molecule has 4 nitrogen and oxygen atoms in total. The van der Waals surface area contributed by atoms with Gasteiger partial charge in [-0.15, -0.1) is 0 Å². The fourth-order valence-electron chi connectivity index (χ4n) is 2.51. The predicted octanol–water partition coefficient (Wildman–Crippen LogP) is 3.73. The standard InChI is InChI=1S/C17H13FN2O2S/c1-11-3-5-15(14(18)7-11)20-10-13(9-19)23(21,22)17-6-4-12(2)8-16(17)20/h3-8,10H,1-2H3. The minimum Gasteiger partial charge on any atom is -0.311 e. The first-order chi connectivity index (χ1) is 10.8. The summed E-state index contributed by atoms with van der Waals surface area (Å²) in [6.45, 7) is 3.59. The summed E-state index contributed by atoms with van der Waals surface area (Å²) in [7, 11) is -3.88. The predicted molar refractivity (Wildman–Crippen MR) is 85.3 cm³/mol. The molecule has 1 heterocycles. The summed E-state index contributed by atoms with van der Waals surface area (Å²) < 4.78 is 39.3. The number of benzene rings is 2. The lowest BCUT2D eigenvalue weighted by molar-refractivity contribution is 0.601. The summed E-state index contributed by atoms with van der Waals surface area (Å²) in [5, 5.41) is 9.17. The quantitative estimate of drug-likeness (QED) is 0.800. The normalized spacial score (nSPS) is 15.6. The van der Waals surface area contributed by atoms with Crippen LogP contribution in [-0.2, 0) is 9.84 Å². The Morgan fingerprint density at radius 2 is 1.70 bits per heavy atom. The average Bonchev–Trinajstić information content (AvgIpc) is 2.48. The lowest BCUT2D eigenvalue weighted by atomic mass is 10.1. The zero-order valence-corrected chi connectivity index (χ0v) is 13.4. The Morgan fingerprint density at radius 3 is 2.35 bits per heavy atom. The Hall–Kier alpha value is -2.65. The van der Waals surface area contributed by atoms with Gasteiger partial charge in [-0.05, 0) is 49.2 Å². The van der Waals surface area contributed by atoms with E-state index in [0.717, 1.165) is 11.1 Å². The molecule has 0 aliphatic carbocycles. The Bertz CT molecular complexity index is 988. The van der Waals surface area contributed by atoms with E-state index in [9.17, 15) is 12.8 Å². The van der Waals surface area contributed by atoms with Crippen LogP contribution in [-0.4, -0.2) is 8.42 Å². The molecule has 3 rings (SSSR count). The first kappa shape index (κ1) is 15.3. The Kier molecular flexibility index (Phi) is 3.46. The molecule has 116 valence electrons. The smallest absolute Gasteiger partial charge is 0.220 e. The molecule has 0 fully saturated rings. The number of rotatable bonds is 1. The third-order valence-electron chi connectivity index (χ3n) is 3.67. The van der Waals surface area contributed by atoms with Crippen LogP contribution in [0.5, 0.6) is 0 Å². The molecule has 0 saturated heterocycles. The Labute approximate surface area is 134 Å². The van der Waals surface area contributed by atoms with Crippen molar-refractivity contribution in [2.75, 3.05) is 4.90 Å². The highest BCUT2D eigenvalue weighted by Gasteiger charge is 2.32. The minimum absolute atomic E-state index is 0.00197. The molecule has 0 radical (unpaired) electrons. The number of aryl methyl sites for hydroxylation is 2. The van der Waals surface area contributed by atoms with E-state index in [-0.39, 0.29) is 10.6 Å². The molecule has 0 atom stereocenters. The van der Waals surface area contributed by atoms with Gasteiger partial charge in [0, 0.05) is 6.20 Å². The van der Waals surface area contributed by atoms with Crippen LogP contribution >= 0.6 is 0 Å². The summed E-state index contributed by atoms with van der Waals surface area (Å²) >= 11 is 0. The number of hydrogen-bond acceptors (Lipinski definition) is 4. The van der Waals surface area contributed by atoms with E-state index >= 15 is 0 Å². The van der Waals surface area contributed by atoms with Crippen molar-refractivity contribution in [3.63, 3.8) is 0 Å². The number of halogens is 1. The molecule has 6 heteroatoms. The second-order valence-electron chi connectivity index (χ2n) is 5.40. The van der Waals surface area contributed by atoms with Crippen molar-refractivity contribution in [2.24, 2.45) is 0 Å². The second-order valence-corrected chi connectivity index (χ2v) is 7.29. The molecule has 0 saturated carbocycles. The number of allylic oxidation sites excluding steroid dienone is 1. The third-order valence-corrected chi connectivity index (χ3v) is 5.37. The minimum atomic E-state index is -3.88. The van der Waals surface area contributed by atoms with Crippen molar-refractivity contribution >= 4 is 21.2 Å². The van der Waals surface area contributed by atoms with Crippen molar-refractivity contribution in [1.29, 1.82) is 5.26 Å². The van der Waals surface area contributed by atoms with E-state index in [0.29, 0.717) is 5.69 Å². The fraction of sp³-hybridized carbons (Fsp3) is 0.118. The summed E-state index contributed by atoms with van der Waals surface area (Å²) in [5.74, 6) is -0.481. The van der Waals surface area contributed by atoms with Gasteiger partial charge in [0.1, 0.15) is 11.9 Å². The van der Waals surface area contributed by atoms with Crippen molar-refractivity contribution in [1.82, 2.24) is 0 Å². The zero-order chi connectivity index (χ0) is 16.8. The number of fused-ring (bicyclic) bond motifs is 1. The molecular formula is C17H13FN2O2S. The maximum atomic E-state index is 14.3. The van der Waals surface area contributed by atoms with Gasteiger partial charge in [-0.3, -0.25) is 0 Å². The molecule has 0 N–H and O–H groups in total. The number of nitriles is 1. The van der Waals surface area contributed by atoms with Crippen molar-refractivity contribution in [2.45, 2.75) is 18.7 Å². The number of nitrogens with zero attached hydrogens (tertiary/aromatic N) is 2. The van der Waals surface area contributed by atoms with Gasteiger partial charge in [-0.1, -0.05) is 12.1 Å². The van der Waals surface area contributed by atoms with Gasteiger partial charge in [-0.2, -0.15) is 5.26 Å². The van der Waals surface area contributed by atoms with Gasteiger partial charge in [0.25, 0.3) is 0 Å². The molecule has 0 aromatic heterocycles. The first-order valence-corrected chi connectivity index (χ1v) is 8.36. The van der Waals surface area contributed by atoms with Gasteiger partial charge in [-0.25, -0.2) is 12.8 Å². The van der Waals surface area contributed by atoms with E-state index in [2.05, 4.69) is 0 Å². The summed E-state index contributed by atoms with van der Waals surface area (Å²) in [6.07, 6.45) is 1.17. The van der Waals surface area contributed by atoms with Crippen molar-refractivity contribution in [3.05, 3.63) is 64.4 Å². The van der Waals surface area contributed by atoms with Crippen LogP contribution in [0, 0.1) is 31.0 Å².